The number of anilines is 1. The molecule has 106 valence electrons. The number of aryl methyl sites for hydroxylation is 2. The van der Waals surface area contributed by atoms with Crippen LogP contribution < -0.4 is 10.5 Å². The third-order valence-corrected chi connectivity index (χ3v) is 4.11. The van der Waals surface area contributed by atoms with Crippen LogP contribution in [0.5, 0.6) is 5.75 Å². The molecule has 20 heavy (non-hydrogen) atoms. The van der Waals surface area contributed by atoms with Crippen molar-refractivity contribution in [3.8, 4) is 5.75 Å². The van der Waals surface area contributed by atoms with Gasteiger partial charge in [0.05, 0.1) is 15.9 Å². The van der Waals surface area contributed by atoms with Gasteiger partial charge in [-0.1, -0.05) is 6.08 Å². The molecule has 2 N–H and O–H groups in total. The summed E-state index contributed by atoms with van der Waals surface area (Å²) in [6.45, 7) is 6.17. The van der Waals surface area contributed by atoms with Crippen LogP contribution in [-0.4, -0.2) is 9.78 Å². The Balaban J connectivity index is 2.20. The molecule has 0 spiro atoms. The molecule has 0 atom stereocenters. The molecule has 1 aromatic heterocycles. The summed E-state index contributed by atoms with van der Waals surface area (Å²) in [5.41, 5.74) is 9.53. The van der Waals surface area contributed by atoms with Gasteiger partial charge in [-0.25, -0.2) is 0 Å². The molecule has 0 aliphatic heterocycles. The highest BCUT2D eigenvalue weighted by molar-refractivity contribution is 9.10. The van der Waals surface area contributed by atoms with Gasteiger partial charge in [-0.2, -0.15) is 5.10 Å². The third kappa shape index (κ3) is 3.04. The van der Waals surface area contributed by atoms with Gasteiger partial charge in [-0.05, 0) is 53.0 Å². The molecular formula is C15H18BrN3O. The van der Waals surface area contributed by atoms with E-state index in [1.807, 2.05) is 42.9 Å². The second-order valence-electron chi connectivity index (χ2n) is 4.62. The zero-order chi connectivity index (χ0) is 14.7. The molecule has 2 rings (SSSR count). The lowest BCUT2D eigenvalue weighted by molar-refractivity contribution is 0.291. The Morgan fingerprint density at radius 3 is 2.85 bits per heavy atom. The molecule has 0 aliphatic rings. The monoisotopic (exact) mass is 335 g/mol. The molecule has 0 unspecified atom stereocenters. The summed E-state index contributed by atoms with van der Waals surface area (Å²) in [5.74, 6) is 0.824. The lowest BCUT2D eigenvalue weighted by Gasteiger charge is -2.11. The molecule has 0 aliphatic carbocycles. The Morgan fingerprint density at radius 2 is 2.25 bits per heavy atom. The van der Waals surface area contributed by atoms with Crippen molar-refractivity contribution in [3.63, 3.8) is 0 Å². The summed E-state index contributed by atoms with van der Waals surface area (Å²) >= 11 is 3.54. The van der Waals surface area contributed by atoms with Crippen LogP contribution in [0.15, 0.2) is 35.3 Å². The van der Waals surface area contributed by atoms with Crippen molar-refractivity contribution in [2.75, 3.05) is 5.73 Å². The molecular weight excluding hydrogens is 318 g/mol. The van der Waals surface area contributed by atoms with Gasteiger partial charge >= 0.3 is 0 Å². The summed E-state index contributed by atoms with van der Waals surface area (Å²) in [5, 5.41) is 4.35. The quantitative estimate of drug-likeness (QED) is 0.673. The number of rotatable bonds is 5. The zero-order valence-corrected chi connectivity index (χ0v) is 13.3. The van der Waals surface area contributed by atoms with Gasteiger partial charge in [0.25, 0.3) is 0 Å². The van der Waals surface area contributed by atoms with Gasteiger partial charge in [-0.3, -0.25) is 4.68 Å². The number of hydrogen-bond acceptors (Lipinski definition) is 3. The van der Waals surface area contributed by atoms with Gasteiger partial charge in [0, 0.05) is 12.7 Å². The van der Waals surface area contributed by atoms with E-state index in [0.717, 1.165) is 39.3 Å². The molecule has 0 amide bonds. The van der Waals surface area contributed by atoms with Crippen LogP contribution in [0, 0.1) is 6.92 Å². The lowest BCUT2D eigenvalue weighted by atomic mass is 10.1. The number of nitrogens with two attached hydrogens (primary N) is 1. The molecule has 0 fully saturated rings. The SMILES string of the molecule is C=CCc1cc(N)ccc1OCc1c(Br)c(C)nn1C. The van der Waals surface area contributed by atoms with E-state index in [0.29, 0.717) is 6.61 Å². The minimum absolute atomic E-state index is 0.450. The predicted octanol–water partition coefficient (Wildman–Crippen LogP) is 3.38. The Hall–Kier alpha value is -1.75. The van der Waals surface area contributed by atoms with E-state index in [2.05, 4.69) is 27.6 Å². The van der Waals surface area contributed by atoms with Gasteiger partial charge in [0.2, 0.25) is 0 Å². The number of halogens is 1. The van der Waals surface area contributed by atoms with Crippen LogP contribution in [-0.2, 0) is 20.1 Å². The van der Waals surface area contributed by atoms with Crippen molar-refractivity contribution >= 4 is 21.6 Å². The van der Waals surface area contributed by atoms with Crippen LogP contribution in [0.4, 0.5) is 5.69 Å². The predicted molar refractivity (Wildman–Crippen MR) is 84.7 cm³/mol. The van der Waals surface area contributed by atoms with Gasteiger partial charge in [-0.15, -0.1) is 6.58 Å². The highest BCUT2D eigenvalue weighted by atomic mass is 79.9. The van der Waals surface area contributed by atoms with Crippen molar-refractivity contribution in [2.24, 2.45) is 7.05 Å². The first-order valence-electron chi connectivity index (χ1n) is 6.33. The zero-order valence-electron chi connectivity index (χ0n) is 11.7. The van der Waals surface area contributed by atoms with Crippen molar-refractivity contribution in [2.45, 2.75) is 20.0 Å². The summed E-state index contributed by atoms with van der Waals surface area (Å²) in [7, 11) is 1.91. The second-order valence-corrected chi connectivity index (χ2v) is 5.41. The maximum absolute atomic E-state index is 5.91. The summed E-state index contributed by atoms with van der Waals surface area (Å²) in [6.07, 6.45) is 2.57. The molecule has 0 saturated heterocycles. The topological polar surface area (TPSA) is 53.1 Å². The highest BCUT2D eigenvalue weighted by Gasteiger charge is 2.12. The minimum Gasteiger partial charge on any atom is -0.487 e. The summed E-state index contributed by atoms with van der Waals surface area (Å²) in [4.78, 5) is 0. The fourth-order valence-electron chi connectivity index (χ4n) is 2.04. The van der Waals surface area contributed by atoms with Gasteiger partial charge in [0.1, 0.15) is 12.4 Å². The standard InChI is InChI=1S/C15H18BrN3O/c1-4-5-11-8-12(17)6-7-14(11)20-9-13-15(16)10(2)18-19(13)3/h4,6-8H,1,5,9,17H2,2-3H3. The molecule has 0 bridgehead atoms. The number of allylic oxidation sites excluding steroid dienone is 1. The van der Waals surface area contributed by atoms with Crippen LogP contribution >= 0.6 is 15.9 Å². The summed E-state index contributed by atoms with van der Waals surface area (Å²) in [6, 6.07) is 5.65. The molecule has 4 nitrogen and oxygen atoms in total. The fraction of sp³-hybridized carbons (Fsp3) is 0.267. The fourth-order valence-corrected chi connectivity index (χ4v) is 2.49. The number of nitrogen functional groups attached to an aromatic ring is 1. The van der Waals surface area contributed by atoms with Crippen LogP contribution in [0.2, 0.25) is 0 Å². The number of hydrogen-bond donors (Lipinski definition) is 1. The first-order valence-corrected chi connectivity index (χ1v) is 7.12. The number of benzene rings is 1. The van der Waals surface area contributed by atoms with E-state index in [-0.39, 0.29) is 0 Å². The Labute approximate surface area is 127 Å². The molecule has 5 heteroatoms. The molecule has 0 saturated carbocycles. The lowest BCUT2D eigenvalue weighted by Crippen LogP contribution is -2.05. The van der Waals surface area contributed by atoms with E-state index in [1.165, 1.54) is 0 Å². The van der Waals surface area contributed by atoms with Crippen molar-refractivity contribution in [1.29, 1.82) is 0 Å². The second kappa shape index (κ2) is 6.13. The van der Waals surface area contributed by atoms with Gasteiger partial charge in [0.15, 0.2) is 0 Å². The minimum atomic E-state index is 0.450. The first-order chi connectivity index (χ1) is 9.52. The van der Waals surface area contributed by atoms with Crippen LogP contribution in [0.1, 0.15) is 17.0 Å². The normalized spacial score (nSPS) is 10.6. The Bertz CT molecular complexity index is 634. The number of ether oxygens (including phenoxy) is 1. The molecule has 2 aromatic rings. The van der Waals surface area contributed by atoms with E-state index in [4.69, 9.17) is 10.5 Å². The van der Waals surface area contributed by atoms with Gasteiger partial charge < -0.3 is 10.5 Å². The van der Waals surface area contributed by atoms with E-state index < -0.39 is 0 Å². The summed E-state index contributed by atoms with van der Waals surface area (Å²) < 4.78 is 8.72. The Kier molecular flexibility index (Phi) is 4.49. The van der Waals surface area contributed by atoms with Crippen molar-refractivity contribution in [3.05, 3.63) is 52.3 Å². The third-order valence-electron chi connectivity index (χ3n) is 3.07. The largest absolute Gasteiger partial charge is 0.487 e. The van der Waals surface area contributed by atoms with E-state index >= 15 is 0 Å². The number of aromatic nitrogens is 2. The van der Waals surface area contributed by atoms with Crippen LogP contribution in [0.25, 0.3) is 0 Å². The smallest absolute Gasteiger partial charge is 0.131 e. The van der Waals surface area contributed by atoms with Crippen molar-refractivity contribution < 1.29 is 4.74 Å². The average Bonchev–Trinajstić information content (AvgIpc) is 2.64. The molecule has 1 heterocycles. The first kappa shape index (κ1) is 14.7. The van der Waals surface area contributed by atoms with E-state index in [1.54, 1.807) is 0 Å². The highest BCUT2D eigenvalue weighted by Crippen LogP contribution is 2.26. The van der Waals surface area contributed by atoms with Crippen molar-refractivity contribution in [1.82, 2.24) is 9.78 Å². The molecule has 0 radical (unpaired) electrons. The maximum atomic E-state index is 5.91. The Morgan fingerprint density at radius 1 is 1.50 bits per heavy atom. The van der Waals surface area contributed by atoms with E-state index in [9.17, 15) is 0 Å². The average molecular weight is 336 g/mol. The van der Waals surface area contributed by atoms with Crippen LogP contribution in [0.3, 0.4) is 0 Å². The molecule has 1 aromatic carbocycles. The maximum Gasteiger partial charge on any atom is 0.131 e. The number of nitrogens with zero attached hydrogens (tertiary/aromatic N) is 2.